The molecule has 0 aliphatic rings. The van der Waals surface area contributed by atoms with Crippen molar-refractivity contribution in [2.45, 2.75) is 6.92 Å². The average Bonchev–Trinajstić information content (AvgIpc) is 1.69. The second-order valence-corrected chi connectivity index (χ2v) is 1.61. The summed E-state index contributed by atoms with van der Waals surface area (Å²) in [6.07, 6.45) is 2.53. The van der Waals surface area contributed by atoms with Crippen molar-refractivity contribution in [2.24, 2.45) is 0 Å². The van der Waals surface area contributed by atoms with Crippen LogP contribution < -0.4 is 0 Å². The van der Waals surface area contributed by atoms with Crippen LogP contribution in [-0.2, 0) is 4.74 Å². The Kier molecular flexibility index (Phi) is 6.17. The standard InChI is InChI=1S/C5H7IO/c1-2-7-5-3-4-6/h2,4H2,1H3. The maximum absolute atomic E-state index is 4.71. The molecule has 0 saturated carbocycles. The van der Waals surface area contributed by atoms with Crippen molar-refractivity contribution in [1.29, 1.82) is 0 Å². The van der Waals surface area contributed by atoms with Gasteiger partial charge in [0.15, 0.2) is 0 Å². The van der Waals surface area contributed by atoms with Crippen LogP contribution in [0.4, 0.5) is 0 Å². The van der Waals surface area contributed by atoms with E-state index in [4.69, 9.17) is 4.74 Å². The molecule has 0 aromatic rings. The smallest absolute Gasteiger partial charge is 0.110 e. The highest BCUT2D eigenvalue weighted by Gasteiger charge is 1.63. The lowest BCUT2D eigenvalue weighted by Gasteiger charge is -1.81. The molecule has 7 heavy (non-hydrogen) atoms. The van der Waals surface area contributed by atoms with Gasteiger partial charge in [-0.3, -0.25) is 0 Å². The first-order chi connectivity index (χ1) is 3.41. The molecule has 0 rings (SSSR count). The van der Waals surface area contributed by atoms with E-state index in [1.165, 1.54) is 0 Å². The molecule has 0 aromatic carbocycles. The maximum atomic E-state index is 4.71. The zero-order valence-corrected chi connectivity index (χ0v) is 6.36. The van der Waals surface area contributed by atoms with Gasteiger partial charge in [0, 0.05) is 0 Å². The van der Waals surface area contributed by atoms with Crippen LogP contribution in [-0.4, -0.2) is 11.0 Å². The van der Waals surface area contributed by atoms with Gasteiger partial charge in [-0.1, -0.05) is 22.6 Å². The average molecular weight is 210 g/mol. The number of ether oxygens (including phenoxy) is 1. The van der Waals surface area contributed by atoms with Crippen molar-refractivity contribution in [3.8, 4) is 12.0 Å². The van der Waals surface area contributed by atoms with E-state index in [1.807, 2.05) is 6.92 Å². The summed E-state index contributed by atoms with van der Waals surface area (Å²) in [6, 6.07) is 0. The Bertz CT molecular complexity index is 79.8. The lowest BCUT2D eigenvalue weighted by atomic mass is 10.8. The van der Waals surface area contributed by atoms with Gasteiger partial charge in [0.05, 0.1) is 11.0 Å². The predicted octanol–water partition coefficient (Wildman–Crippen LogP) is 1.42. The third-order valence-corrected chi connectivity index (χ3v) is 0.737. The number of alkyl halides is 1. The van der Waals surface area contributed by atoms with Crippen LogP contribution in [0.1, 0.15) is 6.92 Å². The molecule has 40 valence electrons. The van der Waals surface area contributed by atoms with E-state index in [0.29, 0.717) is 6.61 Å². The molecule has 0 spiro atoms. The first-order valence-electron chi connectivity index (χ1n) is 2.07. The van der Waals surface area contributed by atoms with Gasteiger partial charge in [-0.15, -0.1) is 0 Å². The molecule has 0 aromatic heterocycles. The molecule has 0 N–H and O–H groups in total. The molecule has 1 nitrogen and oxygen atoms in total. The molecule has 0 heterocycles. The molecule has 0 aliphatic carbocycles. The fourth-order valence-electron chi connectivity index (χ4n) is 0.150. The molecular formula is C5H7IO. The second kappa shape index (κ2) is 6.09. The van der Waals surface area contributed by atoms with E-state index >= 15 is 0 Å². The van der Waals surface area contributed by atoms with Crippen molar-refractivity contribution in [1.82, 2.24) is 0 Å². The summed E-state index contributed by atoms with van der Waals surface area (Å²) in [5, 5.41) is 0. The Labute approximate surface area is 57.6 Å². The maximum Gasteiger partial charge on any atom is 0.110 e. The van der Waals surface area contributed by atoms with Crippen LogP contribution in [0.2, 0.25) is 0 Å². The van der Waals surface area contributed by atoms with Gasteiger partial charge in [-0.2, -0.15) is 0 Å². The molecule has 0 fully saturated rings. The topological polar surface area (TPSA) is 9.23 Å². The van der Waals surface area contributed by atoms with Crippen LogP contribution in [0, 0.1) is 12.0 Å². The van der Waals surface area contributed by atoms with E-state index < -0.39 is 0 Å². The second-order valence-electron chi connectivity index (χ2n) is 0.845. The number of hydrogen-bond acceptors (Lipinski definition) is 1. The largest absolute Gasteiger partial charge is 0.447 e. The number of halogens is 1. The molecule has 2 heteroatoms. The Balaban J connectivity index is 2.91. The summed E-state index contributed by atoms with van der Waals surface area (Å²) in [6.45, 7) is 2.60. The quantitative estimate of drug-likeness (QED) is 0.361. The van der Waals surface area contributed by atoms with Gasteiger partial charge in [0.2, 0.25) is 0 Å². The summed E-state index contributed by atoms with van der Waals surface area (Å²) in [5.74, 6) is 2.76. The van der Waals surface area contributed by atoms with Gasteiger partial charge in [-0.25, -0.2) is 0 Å². The highest BCUT2D eigenvalue weighted by Crippen LogP contribution is 1.74. The molecule has 0 saturated heterocycles. The van der Waals surface area contributed by atoms with Crippen molar-refractivity contribution >= 4 is 22.6 Å². The Hall–Kier alpha value is 0.0900. The lowest BCUT2D eigenvalue weighted by Crippen LogP contribution is -1.76. The van der Waals surface area contributed by atoms with Crippen LogP contribution in [0.5, 0.6) is 0 Å². The zero-order chi connectivity index (χ0) is 5.54. The van der Waals surface area contributed by atoms with Crippen molar-refractivity contribution < 1.29 is 4.74 Å². The highest BCUT2D eigenvalue weighted by molar-refractivity contribution is 14.1. The fourth-order valence-corrected chi connectivity index (χ4v) is 0.306. The third-order valence-electron chi connectivity index (χ3n) is 0.355. The van der Waals surface area contributed by atoms with Crippen molar-refractivity contribution in [2.75, 3.05) is 11.0 Å². The first kappa shape index (κ1) is 7.09. The predicted molar refractivity (Wildman–Crippen MR) is 38.3 cm³/mol. The van der Waals surface area contributed by atoms with Crippen LogP contribution in [0.25, 0.3) is 0 Å². The summed E-state index contributed by atoms with van der Waals surface area (Å²) >= 11 is 2.17. The van der Waals surface area contributed by atoms with Gasteiger partial charge in [0.1, 0.15) is 6.11 Å². The number of rotatable bonds is 1. The Morgan fingerprint density at radius 3 is 2.86 bits per heavy atom. The molecule has 0 radical (unpaired) electrons. The lowest BCUT2D eigenvalue weighted by molar-refractivity contribution is 0.299. The van der Waals surface area contributed by atoms with Gasteiger partial charge in [-0.05, 0) is 12.8 Å². The molecule has 0 amide bonds. The normalized spacial score (nSPS) is 6.57. The van der Waals surface area contributed by atoms with Crippen molar-refractivity contribution in [3.05, 3.63) is 0 Å². The van der Waals surface area contributed by atoms with E-state index in [9.17, 15) is 0 Å². The highest BCUT2D eigenvalue weighted by atomic mass is 127. The molecule has 0 atom stereocenters. The van der Waals surface area contributed by atoms with Gasteiger partial charge in [0.25, 0.3) is 0 Å². The van der Waals surface area contributed by atoms with Crippen molar-refractivity contribution in [3.63, 3.8) is 0 Å². The monoisotopic (exact) mass is 210 g/mol. The minimum absolute atomic E-state index is 0.684. The number of hydrogen-bond donors (Lipinski definition) is 0. The van der Waals surface area contributed by atoms with Gasteiger partial charge < -0.3 is 4.74 Å². The third kappa shape index (κ3) is 6.09. The molecule has 0 unspecified atom stereocenters. The summed E-state index contributed by atoms with van der Waals surface area (Å²) in [5.41, 5.74) is 0. The van der Waals surface area contributed by atoms with Crippen LogP contribution in [0.15, 0.2) is 0 Å². The summed E-state index contributed by atoms with van der Waals surface area (Å²) in [4.78, 5) is 0. The molecule has 0 aliphatic heterocycles. The first-order valence-corrected chi connectivity index (χ1v) is 3.60. The van der Waals surface area contributed by atoms with E-state index in [1.54, 1.807) is 0 Å². The molecular weight excluding hydrogens is 203 g/mol. The zero-order valence-electron chi connectivity index (χ0n) is 4.20. The van der Waals surface area contributed by atoms with E-state index in [2.05, 4.69) is 34.6 Å². The SMILES string of the molecule is CCOC#CCI. The van der Waals surface area contributed by atoms with Gasteiger partial charge >= 0.3 is 0 Å². The van der Waals surface area contributed by atoms with Crippen LogP contribution in [0.3, 0.4) is 0 Å². The fraction of sp³-hybridized carbons (Fsp3) is 0.600. The van der Waals surface area contributed by atoms with E-state index in [-0.39, 0.29) is 0 Å². The Morgan fingerprint density at radius 2 is 2.43 bits per heavy atom. The van der Waals surface area contributed by atoms with E-state index in [0.717, 1.165) is 4.43 Å². The molecule has 0 bridgehead atoms. The minimum Gasteiger partial charge on any atom is -0.447 e. The summed E-state index contributed by atoms with van der Waals surface area (Å²) < 4.78 is 5.55. The summed E-state index contributed by atoms with van der Waals surface area (Å²) in [7, 11) is 0. The minimum atomic E-state index is 0.684. The van der Waals surface area contributed by atoms with Crippen LogP contribution >= 0.6 is 22.6 Å². The Morgan fingerprint density at radius 1 is 1.71 bits per heavy atom.